The van der Waals surface area contributed by atoms with Crippen LogP contribution in [0.4, 0.5) is 29.3 Å². The van der Waals surface area contributed by atoms with Crippen LogP contribution in [0.1, 0.15) is 27.2 Å². The molecule has 1 aliphatic rings. The molecule has 1 fully saturated rings. The van der Waals surface area contributed by atoms with Crippen molar-refractivity contribution < 1.29 is 22.8 Å². The van der Waals surface area contributed by atoms with Gasteiger partial charge in [-0.05, 0) is 59.8 Å². The maximum absolute atomic E-state index is 13.0. The number of rotatable bonds is 5. The number of nitrogens with one attached hydrogen (secondary N) is 1. The number of benzene rings is 2. The maximum Gasteiger partial charge on any atom is 0.416 e. The second-order valence-electron chi connectivity index (χ2n) is 7.39. The molecule has 0 radical (unpaired) electrons. The van der Waals surface area contributed by atoms with E-state index in [1.807, 2.05) is 5.38 Å². The van der Waals surface area contributed by atoms with Crippen molar-refractivity contribution in [2.45, 2.75) is 19.1 Å². The molecule has 2 heterocycles. The molecule has 166 valence electrons. The third-order valence-corrected chi connectivity index (χ3v) is 5.99. The van der Waals surface area contributed by atoms with Crippen molar-refractivity contribution >= 4 is 34.6 Å². The van der Waals surface area contributed by atoms with E-state index in [1.165, 1.54) is 17.4 Å². The molecule has 0 aliphatic carbocycles. The van der Waals surface area contributed by atoms with Gasteiger partial charge in [-0.3, -0.25) is 9.69 Å². The highest BCUT2D eigenvalue weighted by Gasteiger charge is 2.31. The molecule has 0 spiro atoms. The summed E-state index contributed by atoms with van der Waals surface area (Å²) in [7, 11) is 0. The van der Waals surface area contributed by atoms with Gasteiger partial charge in [-0.2, -0.15) is 13.2 Å². The summed E-state index contributed by atoms with van der Waals surface area (Å²) in [6.07, 6.45) is -3.73. The molecule has 9 heteroatoms. The van der Waals surface area contributed by atoms with Gasteiger partial charge in [-0.1, -0.05) is 18.2 Å². The van der Waals surface area contributed by atoms with Gasteiger partial charge in [0.25, 0.3) is 5.91 Å². The number of carbonyl (C=O) groups excluding carboxylic acids is 2. The molecule has 1 aromatic heterocycles. The third kappa shape index (κ3) is 4.94. The number of hydrogen-bond donors (Lipinski definition) is 1. The van der Waals surface area contributed by atoms with Crippen LogP contribution < -0.4 is 10.2 Å². The molecule has 0 saturated carbocycles. The van der Waals surface area contributed by atoms with E-state index in [0.717, 1.165) is 12.1 Å². The standard InChI is InChI=1S/C23H20F3N3O2S/c24-23(25,26)17-5-1-4-16(14-17)15-28-11-3-12-29(22(28)31)19-9-7-18(8-10-19)27-21(30)20-6-2-13-32-20/h1-2,4-10,13-14H,3,11-12,15H2,(H,27,30). The topological polar surface area (TPSA) is 52.7 Å². The van der Waals surface area contributed by atoms with Gasteiger partial charge in [0.2, 0.25) is 0 Å². The van der Waals surface area contributed by atoms with Gasteiger partial charge in [-0.25, -0.2) is 4.79 Å². The van der Waals surface area contributed by atoms with E-state index in [-0.39, 0.29) is 18.5 Å². The van der Waals surface area contributed by atoms with E-state index < -0.39 is 11.7 Å². The molecule has 3 aromatic rings. The lowest BCUT2D eigenvalue weighted by Gasteiger charge is -2.35. The Balaban J connectivity index is 1.43. The van der Waals surface area contributed by atoms with E-state index in [4.69, 9.17) is 0 Å². The van der Waals surface area contributed by atoms with E-state index in [0.29, 0.717) is 41.3 Å². The molecule has 3 amide bonds. The lowest BCUT2D eigenvalue weighted by atomic mass is 10.1. The van der Waals surface area contributed by atoms with Crippen molar-refractivity contribution in [3.05, 3.63) is 82.0 Å². The van der Waals surface area contributed by atoms with Crippen LogP contribution in [0, 0.1) is 0 Å². The average Bonchev–Trinajstić information content (AvgIpc) is 3.31. The van der Waals surface area contributed by atoms with Crippen molar-refractivity contribution in [3.8, 4) is 0 Å². The highest BCUT2D eigenvalue weighted by molar-refractivity contribution is 7.12. The predicted octanol–water partition coefficient (Wildman–Crippen LogP) is 5.85. The van der Waals surface area contributed by atoms with Gasteiger partial charge >= 0.3 is 12.2 Å². The summed E-state index contributed by atoms with van der Waals surface area (Å²) in [5.74, 6) is -0.200. The Morgan fingerprint density at radius 3 is 2.50 bits per heavy atom. The van der Waals surface area contributed by atoms with Crippen molar-refractivity contribution in [1.82, 2.24) is 4.90 Å². The van der Waals surface area contributed by atoms with Crippen LogP contribution in [0.2, 0.25) is 0 Å². The molecule has 32 heavy (non-hydrogen) atoms. The smallest absolute Gasteiger partial charge is 0.321 e. The van der Waals surface area contributed by atoms with E-state index in [1.54, 1.807) is 52.3 Å². The number of thiophene rings is 1. The maximum atomic E-state index is 13.0. The number of anilines is 2. The highest BCUT2D eigenvalue weighted by atomic mass is 32.1. The largest absolute Gasteiger partial charge is 0.416 e. The first-order valence-corrected chi connectivity index (χ1v) is 10.9. The second kappa shape index (κ2) is 9.04. The molecule has 0 bridgehead atoms. The van der Waals surface area contributed by atoms with Crippen LogP contribution in [0.25, 0.3) is 0 Å². The first-order chi connectivity index (χ1) is 15.3. The molecule has 1 N–H and O–H groups in total. The molecule has 0 unspecified atom stereocenters. The number of amides is 3. The van der Waals surface area contributed by atoms with Crippen LogP contribution in [-0.2, 0) is 12.7 Å². The zero-order valence-corrected chi connectivity index (χ0v) is 17.7. The predicted molar refractivity (Wildman–Crippen MR) is 118 cm³/mol. The Morgan fingerprint density at radius 1 is 1.03 bits per heavy atom. The minimum absolute atomic E-state index is 0.105. The monoisotopic (exact) mass is 459 g/mol. The van der Waals surface area contributed by atoms with Crippen LogP contribution in [-0.4, -0.2) is 29.9 Å². The fourth-order valence-electron chi connectivity index (χ4n) is 3.56. The minimum Gasteiger partial charge on any atom is -0.321 e. The van der Waals surface area contributed by atoms with E-state index >= 15 is 0 Å². The third-order valence-electron chi connectivity index (χ3n) is 5.12. The number of carbonyl (C=O) groups is 2. The number of alkyl halides is 3. The number of hydrogen-bond acceptors (Lipinski definition) is 3. The molecular formula is C23H20F3N3O2S. The van der Waals surface area contributed by atoms with Crippen molar-refractivity contribution in [2.24, 2.45) is 0 Å². The Kier molecular flexibility index (Phi) is 6.18. The van der Waals surface area contributed by atoms with Gasteiger partial charge in [0.05, 0.1) is 10.4 Å². The summed E-state index contributed by atoms with van der Waals surface area (Å²) in [6, 6.07) is 15.3. The fraction of sp³-hybridized carbons (Fsp3) is 0.217. The minimum atomic E-state index is -4.42. The van der Waals surface area contributed by atoms with Crippen LogP contribution in [0.3, 0.4) is 0 Å². The van der Waals surface area contributed by atoms with Gasteiger partial charge in [-0.15, -0.1) is 11.3 Å². The lowest BCUT2D eigenvalue weighted by molar-refractivity contribution is -0.137. The van der Waals surface area contributed by atoms with Crippen LogP contribution in [0.5, 0.6) is 0 Å². The second-order valence-corrected chi connectivity index (χ2v) is 8.33. The normalized spacial score (nSPS) is 14.5. The molecule has 5 nitrogen and oxygen atoms in total. The molecule has 1 aliphatic heterocycles. The Bertz CT molecular complexity index is 1100. The van der Waals surface area contributed by atoms with Crippen LogP contribution in [0.15, 0.2) is 66.0 Å². The Labute approximate surface area is 187 Å². The molecule has 4 rings (SSSR count). The summed E-state index contributed by atoms with van der Waals surface area (Å²) in [5.41, 5.74) is 0.980. The lowest BCUT2D eigenvalue weighted by Crippen LogP contribution is -2.49. The first kappa shape index (κ1) is 21.9. The van der Waals surface area contributed by atoms with Crippen LogP contribution >= 0.6 is 11.3 Å². The van der Waals surface area contributed by atoms with E-state index in [9.17, 15) is 22.8 Å². The number of nitrogens with zero attached hydrogens (tertiary/aromatic N) is 2. The zero-order valence-electron chi connectivity index (χ0n) is 16.9. The Hall–Kier alpha value is -3.33. The zero-order chi connectivity index (χ0) is 22.7. The SMILES string of the molecule is O=C(Nc1ccc(N2CCCN(Cc3cccc(C(F)(F)F)c3)C2=O)cc1)c1cccs1. The number of urea groups is 1. The summed E-state index contributed by atoms with van der Waals surface area (Å²) in [5, 5.41) is 4.63. The Morgan fingerprint density at radius 2 is 1.81 bits per heavy atom. The van der Waals surface area contributed by atoms with Crippen molar-refractivity contribution in [1.29, 1.82) is 0 Å². The first-order valence-electron chi connectivity index (χ1n) is 9.99. The molecule has 2 aromatic carbocycles. The summed E-state index contributed by atoms with van der Waals surface area (Å²) >= 11 is 1.35. The van der Waals surface area contributed by atoms with Crippen molar-refractivity contribution in [3.63, 3.8) is 0 Å². The summed E-state index contributed by atoms with van der Waals surface area (Å²) in [6.45, 7) is 1.09. The van der Waals surface area contributed by atoms with Gasteiger partial charge < -0.3 is 10.2 Å². The summed E-state index contributed by atoms with van der Waals surface area (Å²) in [4.78, 5) is 28.9. The van der Waals surface area contributed by atoms with E-state index in [2.05, 4.69) is 5.32 Å². The van der Waals surface area contributed by atoms with Gasteiger partial charge in [0, 0.05) is 31.0 Å². The number of halogens is 3. The fourth-order valence-corrected chi connectivity index (χ4v) is 4.18. The van der Waals surface area contributed by atoms with Gasteiger partial charge in [0.15, 0.2) is 0 Å². The molecule has 0 atom stereocenters. The highest BCUT2D eigenvalue weighted by Crippen LogP contribution is 2.30. The summed E-state index contributed by atoms with van der Waals surface area (Å²) < 4.78 is 39.0. The quantitative estimate of drug-likeness (QED) is 0.520. The average molecular weight is 459 g/mol. The van der Waals surface area contributed by atoms with Gasteiger partial charge in [0.1, 0.15) is 0 Å². The molecular weight excluding hydrogens is 439 g/mol. The molecule has 1 saturated heterocycles. The van der Waals surface area contributed by atoms with Crippen molar-refractivity contribution in [2.75, 3.05) is 23.3 Å².